The fourth-order valence-corrected chi connectivity index (χ4v) is 14.0. The molecule has 0 unspecified atom stereocenters. The topological polar surface area (TPSA) is 26.2 Å². The maximum atomic E-state index is 6.89. The molecule has 3 aliphatic carbocycles. The largest absolute Gasteiger partial charge is 0.456 e. The lowest BCUT2D eigenvalue weighted by molar-refractivity contribution is 0.331. The van der Waals surface area contributed by atoms with Crippen LogP contribution in [0, 0.1) is 0 Å². The third-order valence-electron chi connectivity index (χ3n) is 18.6. The number of nitrogens with zero attached hydrogens (tertiary/aromatic N) is 1. The Morgan fingerprint density at radius 2 is 1.20 bits per heavy atom. The fraction of sp³-hybridized carbons (Fsp3) is 0.257. The van der Waals surface area contributed by atoms with Crippen LogP contribution in [0.2, 0.25) is 0 Å². The van der Waals surface area contributed by atoms with Gasteiger partial charge in [-0.3, -0.25) is 0 Å². The summed E-state index contributed by atoms with van der Waals surface area (Å²) in [5, 5.41) is 6.63. The van der Waals surface area contributed by atoms with Gasteiger partial charge in [-0.15, -0.1) is 0 Å². The molecule has 0 saturated heterocycles. The van der Waals surface area contributed by atoms with Crippen LogP contribution in [0.5, 0.6) is 5.75 Å². The zero-order chi connectivity index (χ0) is 51.2. The van der Waals surface area contributed by atoms with Crippen LogP contribution in [-0.2, 0) is 27.1 Å². The maximum Gasteiger partial charge on any atom is 0.198 e. The molecule has 5 aliphatic rings. The van der Waals surface area contributed by atoms with E-state index >= 15 is 0 Å². The second-order valence-electron chi connectivity index (χ2n) is 25.8. The molecule has 4 heteroatoms. The molecule has 3 nitrogen and oxygen atoms in total. The number of hydrogen-bond acceptors (Lipinski definition) is 2. The molecule has 9 aromatic rings. The van der Waals surface area contributed by atoms with E-state index < -0.39 is 0 Å². The first kappa shape index (κ1) is 45.3. The van der Waals surface area contributed by atoms with Gasteiger partial charge in [-0.05, 0) is 155 Å². The lowest BCUT2D eigenvalue weighted by Gasteiger charge is -2.42. The van der Waals surface area contributed by atoms with Crippen molar-refractivity contribution in [3.63, 3.8) is 0 Å². The van der Waals surface area contributed by atoms with Crippen molar-refractivity contribution in [2.45, 2.75) is 116 Å². The van der Waals surface area contributed by atoms with Crippen LogP contribution < -0.4 is 21.0 Å². The standard InChI is InChI=1S/C70H65BN2O/c1-39-30-62(40-18-14-13-15-19-40)74-63-38-61-58(34-46(39)63)71-64-44(26-27-45-51-32-47-43-20-16-17-21-52(43)69(9,10)55(47)37-60(51)73(61)65(45)64)50-31-48-49-33-56-57(68(7,8)29-28-67(56,5)6)35-53(49)70(11,12)54(48)36-59(50)72-42-24-22-41(23-25-42)66(2,3)4/h13-27,30-38,71-72H,1,28-29H2,2-12H3. The predicted octanol–water partition coefficient (Wildman–Crippen LogP) is 16.6. The molecule has 3 heterocycles. The van der Waals surface area contributed by atoms with Crippen molar-refractivity contribution < 1.29 is 4.74 Å². The van der Waals surface area contributed by atoms with Crippen molar-refractivity contribution in [3.05, 3.63) is 202 Å². The highest BCUT2D eigenvalue weighted by molar-refractivity contribution is 6.73. The van der Waals surface area contributed by atoms with Crippen molar-refractivity contribution in [1.82, 2.24) is 4.57 Å². The number of nitrogens with one attached hydrogen (secondary N) is 1. The Balaban J connectivity index is 1.04. The number of rotatable bonds is 4. The van der Waals surface area contributed by atoms with Crippen LogP contribution in [0.15, 0.2) is 152 Å². The van der Waals surface area contributed by atoms with E-state index in [1.54, 1.807) is 0 Å². The average Bonchev–Trinajstić information content (AvgIpc) is 3.92. The SMILES string of the molecule is C=C1C=C(c2ccccc2)Oc2cc3c(cc21)Bc1c(-c2cc4c(cc2Nc2ccc(C(C)(C)C)cc2)C(C)(C)c2cc5c(cc2-4)C(C)(C)CCC5(C)C)ccc2c4cc5c(cc4n-3c12)C(C)(C)c1ccccc1-5. The van der Waals surface area contributed by atoms with Gasteiger partial charge in [0, 0.05) is 66.9 Å². The fourth-order valence-electron chi connectivity index (χ4n) is 14.0. The molecule has 0 fully saturated rings. The Hall–Kier alpha value is -7.30. The lowest BCUT2D eigenvalue weighted by atomic mass is 9.58. The van der Waals surface area contributed by atoms with Crippen molar-refractivity contribution in [2.24, 2.45) is 0 Å². The number of benzene rings is 8. The Morgan fingerprint density at radius 1 is 0.554 bits per heavy atom. The molecule has 0 atom stereocenters. The van der Waals surface area contributed by atoms with Crippen LogP contribution in [0.25, 0.3) is 72.2 Å². The zero-order valence-corrected chi connectivity index (χ0v) is 45.0. The second-order valence-corrected chi connectivity index (χ2v) is 25.8. The summed E-state index contributed by atoms with van der Waals surface area (Å²) in [5.41, 5.74) is 29.3. The van der Waals surface area contributed by atoms with Gasteiger partial charge in [0.2, 0.25) is 0 Å². The minimum atomic E-state index is -0.197. The summed E-state index contributed by atoms with van der Waals surface area (Å²) in [4.78, 5) is 0. The highest BCUT2D eigenvalue weighted by atomic mass is 16.5. The third kappa shape index (κ3) is 6.33. The first-order valence-electron chi connectivity index (χ1n) is 27.0. The van der Waals surface area contributed by atoms with E-state index in [1.807, 2.05) is 0 Å². The van der Waals surface area contributed by atoms with Gasteiger partial charge in [-0.25, -0.2) is 0 Å². The minimum Gasteiger partial charge on any atom is -0.456 e. The summed E-state index contributed by atoms with van der Waals surface area (Å²) >= 11 is 0. The number of ether oxygens (including phenoxy) is 1. The Labute approximate surface area is 438 Å². The van der Waals surface area contributed by atoms with Crippen molar-refractivity contribution in [2.75, 3.05) is 5.32 Å². The van der Waals surface area contributed by atoms with Gasteiger partial charge < -0.3 is 14.6 Å². The van der Waals surface area contributed by atoms with Gasteiger partial charge in [-0.2, -0.15) is 0 Å². The van der Waals surface area contributed by atoms with Crippen molar-refractivity contribution >= 4 is 62.7 Å². The first-order valence-corrected chi connectivity index (χ1v) is 27.0. The van der Waals surface area contributed by atoms with Crippen molar-refractivity contribution in [1.29, 1.82) is 0 Å². The molecule has 0 spiro atoms. The van der Waals surface area contributed by atoms with Crippen LogP contribution >= 0.6 is 0 Å². The Morgan fingerprint density at radius 3 is 1.95 bits per heavy atom. The molecule has 2 aliphatic heterocycles. The number of aromatic nitrogens is 1. The number of fused-ring (bicyclic) bond motifs is 13. The van der Waals surface area contributed by atoms with E-state index in [0.717, 1.165) is 46.9 Å². The van der Waals surface area contributed by atoms with E-state index in [-0.39, 0.29) is 27.1 Å². The summed E-state index contributed by atoms with van der Waals surface area (Å²) in [6.45, 7) is 31.0. The number of allylic oxidation sites excluding steroid dienone is 2. The molecule has 74 heavy (non-hydrogen) atoms. The van der Waals surface area contributed by atoms with E-state index in [9.17, 15) is 0 Å². The molecule has 8 aromatic carbocycles. The quantitative estimate of drug-likeness (QED) is 0.178. The second kappa shape index (κ2) is 14.9. The van der Waals surface area contributed by atoms with Gasteiger partial charge in [0.1, 0.15) is 11.5 Å². The molecule has 1 aromatic heterocycles. The van der Waals surface area contributed by atoms with E-state index in [1.165, 1.54) is 124 Å². The van der Waals surface area contributed by atoms with Gasteiger partial charge >= 0.3 is 0 Å². The highest BCUT2D eigenvalue weighted by Crippen LogP contribution is 2.57. The first-order chi connectivity index (χ1) is 35.2. The zero-order valence-electron chi connectivity index (χ0n) is 45.0. The van der Waals surface area contributed by atoms with Gasteiger partial charge in [0.15, 0.2) is 7.28 Å². The molecule has 0 radical (unpaired) electrons. The van der Waals surface area contributed by atoms with Gasteiger partial charge in [-0.1, -0.05) is 179 Å². The lowest BCUT2D eigenvalue weighted by Crippen LogP contribution is -2.37. The molecular weight excluding hydrogens is 896 g/mol. The summed E-state index contributed by atoms with van der Waals surface area (Å²) in [6, 6.07) is 53.4. The van der Waals surface area contributed by atoms with E-state index in [2.05, 4.69) is 238 Å². The monoisotopic (exact) mass is 961 g/mol. The summed E-state index contributed by atoms with van der Waals surface area (Å²) < 4.78 is 9.49. The van der Waals surface area contributed by atoms with Crippen LogP contribution in [-0.4, -0.2) is 11.8 Å². The average molecular weight is 961 g/mol. The molecular formula is C70H65BN2O. The highest BCUT2D eigenvalue weighted by Gasteiger charge is 2.44. The van der Waals surface area contributed by atoms with Gasteiger partial charge in [0.25, 0.3) is 0 Å². The van der Waals surface area contributed by atoms with Crippen LogP contribution in [0.4, 0.5) is 11.4 Å². The predicted molar refractivity (Wildman–Crippen MR) is 316 cm³/mol. The summed E-state index contributed by atoms with van der Waals surface area (Å²) in [6.07, 6.45) is 4.48. The maximum absolute atomic E-state index is 6.89. The normalized spacial score (nSPS) is 17.5. The number of hydrogen-bond donors (Lipinski definition) is 1. The third-order valence-corrected chi connectivity index (χ3v) is 18.6. The van der Waals surface area contributed by atoms with Crippen LogP contribution in [0.3, 0.4) is 0 Å². The molecule has 364 valence electrons. The van der Waals surface area contributed by atoms with Crippen LogP contribution in [0.1, 0.15) is 139 Å². The molecule has 1 N–H and O–H groups in total. The number of anilines is 2. The summed E-state index contributed by atoms with van der Waals surface area (Å²) in [7, 11) is 0.762. The Bertz CT molecular complexity index is 4020. The molecule has 0 bridgehead atoms. The van der Waals surface area contributed by atoms with E-state index in [4.69, 9.17) is 4.74 Å². The van der Waals surface area contributed by atoms with E-state index in [0.29, 0.717) is 0 Å². The molecule has 0 amide bonds. The smallest absolute Gasteiger partial charge is 0.198 e. The molecule has 14 rings (SSSR count). The van der Waals surface area contributed by atoms with Gasteiger partial charge in [0.05, 0.1) is 5.52 Å². The van der Waals surface area contributed by atoms with Crippen molar-refractivity contribution in [3.8, 4) is 44.8 Å². The minimum absolute atomic E-state index is 0.0552. The Kier molecular flexibility index (Phi) is 9.15. The summed E-state index contributed by atoms with van der Waals surface area (Å²) in [5.74, 6) is 1.67. The molecule has 0 saturated carbocycles.